The molecule has 2 rings (SSSR count). The first-order chi connectivity index (χ1) is 9.75. The van der Waals surface area contributed by atoms with Crippen molar-refractivity contribution < 1.29 is 21.6 Å². The van der Waals surface area contributed by atoms with E-state index in [4.69, 9.17) is 0 Å². The van der Waals surface area contributed by atoms with E-state index in [1.807, 2.05) is 0 Å². The molecule has 1 fully saturated rings. The highest BCUT2D eigenvalue weighted by atomic mass is 32.2. The van der Waals surface area contributed by atoms with Crippen LogP contribution < -0.4 is 5.32 Å². The zero-order valence-electron chi connectivity index (χ0n) is 11.4. The van der Waals surface area contributed by atoms with Crippen LogP contribution in [0.5, 0.6) is 0 Å². The number of hydrogen-bond acceptors (Lipinski definition) is 4. The Bertz CT molecular complexity index is 600. The fraction of sp³-hybridized carbons (Fsp3) is 0.583. The van der Waals surface area contributed by atoms with Gasteiger partial charge in [-0.1, -0.05) is 0 Å². The maximum absolute atomic E-state index is 12.6. The number of nitrogens with one attached hydrogen (secondary N) is 1. The second-order valence-corrected chi connectivity index (χ2v) is 6.59. The summed E-state index contributed by atoms with van der Waals surface area (Å²) in [6.07, 6.45) is -2.44. The lowest BCUT2D eigenvalue weighted by Crippen LogP contribution is -2.41. The van der Waals surface area contributed by atoms with Crippen molar-refractivity contribution >= 4 is 15.7 Å². The number of rotatable bonds is 6. The topological polar surface area (TPSA) is 62.3 Å². The summed E-state index contributed by atoms with van der Waals surface area (Å²) in [6, 6.07) is 2.43. The number of alkyl halides is 3. The van der Waals surface area contributed by atoms with E-state index in [0.717, 1.165) is 0 Å². The molecular formula is C12H16F3N3O2S. The Labute approximate surface area is 121 Å². The molecule has 1 N–H and O–H groups in total. The van der Waals surface area contributed by atoms with Gasteiger partial charge in [0.2, 0.25) is 0 Å². The van der Waals surface area contributed by atoms with Crippen LogP contribution in [0.4, 0.5) is 18.9 Å². The Hall–Kier alpha value is -1.35. The summed E-state index contributed by atoms with van der Waals surface area (Å²) in [5.41, 5.74) is 0.216. The molecule has 1 saturated carbocycles. The van der Waals surface area contributed by atoms with Gasteiger partial charge in [-0.15, -0.1) is 0 Å². The molecule has 1 heterocycles. The van der Waals surface area contributed by atoms with Crippen molar-refractivity contribution in [2.24, 2.45) is 0 Å². The van der Waals surface area contributed by atoms with Gasteiger partial charge < -0.3 is 5.32 Å². The molecule has 1 aromatic heterocycles. The lowest BCUT2D eigenvalue weighted by Gasteiger charge is -2.23. The minimum absolute atomic E-state index is 0.216. The number of hydrogen-bond donors (Lipinski definition) is 1. The van der Waals surface area contributed by atoms with Crippen LogP contribution in [0.25, 0.3) is 0 Å². The third-order valence-electron chi connectivity index (χ3n) is 2.98. The molecule has 0 unspecified atom stereocenters. The Morgan fingerprint density at radius 2 is 2.10 bits per heavy atom. The molecule has 0 aliphatic heterocycles. The van der Waals surface area contributed by atoms with Crippen LogP contribution in [0.2, 0.25) is 0 Å². The second kappa shape index (κ2) is 5.80. The molecule has 5 nitrogen and oxygen atoms in total. The van der Waals surface area contributed by atoms with E-state index in [-0.39, 0.29) is 10.7 Å². The van der Waals surface area contributed by atoms with E-state index in [9.17, 15) is 21.6 Å². The predicted octanol–water partition coefficient (Wildman–Crippen LogP) is 2.23. The van der Waals surface area contributed by atoms with Crippen LogP contribution in [0.1, 0.15) is 19.8 Å². The average Bonchev–Trinajstić information content (AvgIpc) is 3.20. The van der Waals surface area contributed by atoms with Crippen molar-refractivity contribution in [3.8, 4) is 0 Å². The smallest absolute Gasteiger partial charge is 0.383 e. The van der Waals surface area contributed by atoms with Gasteiger partial charge in [0, 0.05) is 18.8 Å². The standard InChI is InChI=1S/C12H16F3N3O2S/c1-2-16-10-4-3-7-17-11(10)21(19,20)18(9-5-6-9)8-12(13,14)15/h3-4,7,9,16H,2,5-6,8H2,1H3. The van der Waals surface area contributed by atoms with Crippen molar-refractivity contribution in [3.63, 3.8) is 0 Å². The van der Waals surface area contributed by atoms with Crippen molar-refractivity contribution in [2.75, 3.05) is 18.4 Å². The van der Waals surface area contributed by atoms with Gasteiger partial charge in [-0.2, -0.15) is 17.5 Å². The summed E-state index contributed by atoms with van der Waals surface area (Å²) < 4.78 is 63.5. The number of aromatic nitrogens is 1. The molecule has 0 spiro atoms. The molecule has 1 aliphatic rings. The molecule has 0 atom stereocenters. The van der Waals surface area contributed by atoms with Gasteiger partial charge in [0.15, 0.2) is 5.03 Å². The van der Waals surface area contributed by atoms with Gasteiger partial charge in [0.25, 0.3) is 10.0 Å². The summed E-state index contributed by atoms with van der Waals surface area (Å²) in [5, 5.41) is 2.45. The molecule has 9 heteroatoms. The molecule has 0 aromatic carbocycles. The predicted molar refractivity (Wildman–Crippen MR) is 71.4 cm³/mol. The molecule has 118 valence electrons. The van der Waals surface area contributed by atoms with Crippen molar-refractivity contribution in [1.82, 2.24) is 9.29 Å². The molecule has 21 heavy (non-hydrogen) atoms. The van der Waals surface area contributed by atoms with Gasteiger partial charge in [0.1, 0.15) is 6.54 Å². The molecule has 1 aliphatic carbocycles. The summed E-state index contributed by atoms with van der Waals surface area (Å²) in [4.78, 5) is 3.77. The first-order valence-corrected chi connectivity index (χ1v) is 7.97. The van der Waals surface area contributed by atoms with Crippen LogP contribution in [-0.4, -0.2) is 43.0 Å². The van der Waals surface area contributed by atoms with Crippen LogP contribution in [-0.2, 0) is 10.0 Å². The largest absolute Gasteiger partial charge is 0.402 e. The van der Waals surface area contributed by atoms with Crippen LogP contribution in [0, 0.1) is 0 Å². The Morgan fingerprint density at radius 1 is 1.43 bits per heavy atom. The lowest BCUT2D eigenvalue weighted by molar-refractivity contribution is -0.137. The molecule has 0 saturated heterocycles. The van der Waals surface area contributed by atoms with Crippen LogP contribution in [0.3, 0.4) is 0 Å². The zero-order chi connectivity index (χ0) is 15.7. The first kappa shape index (κ1) is 16.0. The number of anilines is 1. The molecule has 0 amide bonds. The monoisotopic (exact) mass is 323 g/mol. The van der Waals surface area contributed by atoms with E-state index in [1.165, 1.54) is 18.3 Å². The van der Waals surface area contributed by atoms with Gasteiger partial charge >= 0.3 is 6.18 Å². The molecule has 0 bridgehead atoms. The first-order valence-electron chi connectivity index (χ1n) is 6.53. The summed E-state index contributed by atoms with van der Waals surface area (Å²) in [7, 11) is -4.28. The van der Waals surface area contributed by atoms with Crippen molar-refractivity contribution in [2.45, 2.75) is 37.0 Å². The SMILES string of the molecule is CCNc1cccnc1S(=O)(=O)N(CC(F)(F)F)C1CC1. The lowest BCUT2D eigenvalue weighted by atomic mass is 10.4. The highest BCUT2D eigenvalue weighted by Crippen LogP contribution is 2.35. The maximum atomic E-state index is 12.6. The van der Waals surface area contributed by atoms with E-state index in [1.54, 1.807) is 6.92 Å². The quantitative estimate of drug-likeness (QED) is 0.872. The van der Waals surface area contributed by atoms with E-state index < -0.39 is 28.8 Å². The Kier molecular flexibility index (Phi) is 4.43. The normalized spacial score (nSPS) is 16.2. The minimum Gasteiger partial charge on any atom is -0.383 e. The van der Waals surface area contributed by atoms with Gasteiger partial charge in [-0.05, 0) is 31.9 Å². The number of pyridine rings is 1. The highest BCUT2D eigenvalue weighted by Gasteiger charge is 2.45. The van der Waals surface area contributed by atoms with Crippen molar-refractivity contribution in [3.05, 3.63) is 18.3 Å². The van der Waals surface area contributed by atoms with Crippen LogP contribution in [0.15, 0.2) is 23.4 Å². The average molecular weight is 323 g/mol. The fourth-order valence-corrected chi connectivity index (χ4v) is 3.74. The summed E-state index contributed by atoms with van der Waals surface area (Å²) in [5.74, 6) is 0. The zero-order valence-corrected chi connectivity index (χ0v) is 12.2. The Morgan fingerprint density at radius 3 is 2.62 bits per heavy atom. The highest BCUT2D eigenvalue weighted by molar-refractivity contribution is 7.89. The molecule has 0 radical (unpaired) electrons. The minimum atomic E-state index is -4.58. The molecular weight excluding hydrogens is 307 g/mol. The number of nitrogens with zero attached hydrogens (tertiary/aromatic N) is 2. The molecule has 1 aromatic rings. The van der Waals surface area contributed by atoms with Gasteiger partial charge in [-0.25, -0.2) is 13.4 Å². The van der Waals surface area contributed by atoms with Gasteiger partial charge in [0.05, 0.1) is 5.69 Å². The third-order valence-corrected chi connectivity index (χ3v) is 4.84. The van der Waals surface area contributed by atoms with E-state index >= 15 is 0 Å². The Balaban J connectivity index is 2.39. The van der Waals surface area contributed by atoms with E-state index in [0.29, 0.717) is 23.7 Å². The van der Waals surface area contributed by atoms with Gasteiger partial charge in [-0.3, -0.25) is 0 Å². The third kappa shape index (κ3) is 3.85. The number of sulfonamides is 1. The van der Waals surface area contributed by atoms with E-state index in [2.05, 4.69) is 10.3 Å². The van der Waals surface area contributed by atoms with Crippen molar-refractivity contribution in [1.29, 1.82) is 0 Å². The van der Waals surface area contributed by atoms with Crippen LogP contribution >= 0.6 is 0 Å². The maximum Gasteiger partial charge on any atom is 0.402 e. The number of halogens is 3. The summed E-state index contributed by atoms with van der Waals surface area (Å²) in [6.45, 7) is 0.719. The fourth-order valence-electron chi connectivity index (χ4n) is 1.98. The second-order valence-electron chi connectivity index (χ2n) is 4.78. The summed E-state index contributed by atoms with van der Waals surface area (Å²) >= 11 is 0.